The Morgan fingerprint density at radius 1 is 0.963 bits per heavy atom. The number of aromatic hydroxyl groups is 1. The molecule has 136 valence electrons. The number of nitrogens with one attached hydrogen (secondary N) is 2. The number of hydrogen-bond acceptors (Lipinski definition) is 9. The summed E-state index contributed by atoms with van der Waals surface area (Å²) in [5.41, 5.74) is 5.17. The summed E-state index contributed by atoms with van der Waals surface area (Å²) < 4.78 is 1.04. The Hall–Kier alpha value is -3.30. The first kappa shape index (κ1) is 17.1. The van der Waals surface area contributed by atoms with Gasteiger partial charge in [-0.3, -0.25) is 0 Å². The van der Waals surface area contributed by atoms with Crippen molar-refractivity contribution in [2.45, 2.75) is 6.42 Å². The Labute approximate surface area is 158 Å². The minimum Gasteiger partial charge on any atom is -0.479 e. The molecule has 0 unspecified atom stereocenters. The fraction of sp³-hybridized carbons (Fsp3) is 0.111. The summed E-state index contributed by atoms with van der Waals surface area (Å²) in [7, 11) is 0. The minimum atomic E-state index is -0.395. The number of anilines is 4. The second-order valence-electron chi connectivity index (χ2n) is 5.70. The van der Waals surface area contributed by atoms with Crippen LogP contribution in [0.15, 0.2) is 48.0 Å². The van der Waals surface area contributed by atoms with E-state index in [0.29, 0.717) is 6.42 Å². The van der Waals surface area contributed by atoms with Crippen molar-refractivity contribution in [1.29, 1.82) is 0 Å². The molecule has 0 bridgehead atoms. The lowest BCUT2D eigenvalue weighted by atomic mass is 10.1. The molecule has 0 radical (unpaired) electrons. The summed E-state index contributed by atoms with van der Waals surface area (Å²) >= 11 is 1.54. The van der Waals surface area contributed by atoms with Gasteiger partial charge in [0, 0.05) is 18.0 Å². The van der Waals surface area contributed by atoms with Crippen molar-refractivity contribution in [3.05, 3.63) is 53.5 Å². The molecule has 0 amide bonds. The highest BCUT2D eigenvalue weighted by molar-refractivity contribution is 7.16. The molecule has 0 atom stereocenters. The van der Waals surface area contributed by atoms with E-state index >= 15 is 0 Å². The Bertz CT molecular complexity index is 1080. The second-order valence-corrected chi connectivity index (χ2v) is 6.58. The lowest BCUT2D eigenvalue weighted by Gasteiger charge is -2.11. The maximum atomic E-state index is 9.87. The van der Waals surface area contributed by atoms with Crippen molar-refractivity contribution in [2.75, 3.05) is 17.2 Å². The van der Waals surface area contributed by atoms with Crippen molar-refractivity contribution >= 4 is 44.8 Å². The zero-order valence-electron chi connectivity index (χ0n) is 14.1. The molecule has 0 fully saturated rings. The van der Waals surface area contributed by atoms with Crippen molar-refractivity contribution in [1.82, 2.24) is 19.9 Å². The van der Waals surface area contributed by atoms with Crippen molar-refractivity contribution in [3.63, 3.8) is 0 Å². The monoisotopic (exact) mass is 380 g/mol. The van der Waals surface area contributed by atoms with E-state index < -0.39 is 6.01 Å². The molecule has 9 heteroatoms. The molecule has 4 aromatic rings. The molecule has 0 spiro atoms. The summed E-state index contributed by atoms with van der Waals surface area (Å²) in [6, 6.07) is 12.8. The van der Waals surface area contributed by atoms with Gasteiger partial charge in [0.25, 0.3) is 0 Å². The first-order valence-corrected chi connectivity index (χ1v) is 9.10. The molecule has 2 heterocycles. The van der Waals surface area contributed by atoms with Gasteiger partial charge in [0.1, 0.15) is 0 Å². The van der Waals surface area contributed by atoms with E-state index in [1.54, 1.807) is 5.51 Å². The number of para-hydroxylation sites is 1. The van der Waals surface area contributed by atoms with Gasteiger partial charge < -0.3 is 20.8 Å². The number of hydrogen-bond donors (Lipinski definition) is 4. The summed E-state index contributed by atoms with van der Waals surface area (Å²) in [6.45, 7) is 0.0357. The molecule has 4 rings (SSSR count). The average molecular weight is 380 g/mol. The van der Waals surface area contributed by atoms with Crippen LogP contribution in [0.1, 0.15) is 5.56 Å². The van der Waals surface area contributed by atoms with Gasteiger partial charge in [0.2, 0.25) is 11.9 Å². The number of rotatable bonds is 6. The molecule has 2 aromatic carbocycles. The molecule has 8 nitrogen and oxygen atoms in total. The first-order valence-electron chi connectivity index (χ1n) is 8.22. The third-order valence-electron chi connectivity index (χ3n) is 3.86. The van der Waals surface area contributed by atoms with Crippen LogP contribution in [0.3, 0.4) is 0 Å². The van der Waals surface area contributed by atoms with E-state index in [4.69, 9.17) is 0 Å². The van der Waals surface area contributed by atoms with Crippen molar-refractivity contribution in [3.8, 4) is 6.01 Å². The number of fused-ring (bicyclic) bond motifs is 1. The lowest BCUT2D eigenvalue weighted by molar-refractivity contribution is 0.300. The van der Waals surface area contributed by atoms with Crippen LogP contribution in [0, 0.1) is 0 Å². The number of thiazole rings is 1. The van der Waals surface area contributed by atoms with Gasteiger partial charge in [-0.15, -0.1) is 11.3 Å². The Balaban J connectivity index is 1.59. The zero-order valence-corrected chi connectivity index (χ0v) is 14.9. The zero-order chi connectivity index (χ0) is 18.6. The quantitative estimate of drug-likeness (QED) is 0.403. The summed E-state index contributed by atoms with van der Waals surface area (Å²) in [5.74, 6) is 0.419. The highest BCUT2D eigenvalue weighted by atomic mass is 32.1. The Kier molecular flexibility index (Phi) is 4.77. The molecule has 0 aliphatic carbocycles. The fourth-order valence-corrected chi connectivity index (χ4v) is 3.36. The highest BCUT2D eigenvalue weighted by Crippen LogP contribution is 2.25. The van der Waals surface area contributed by atoms with E-state index in [1.807, 2.05) is 42.5 Å². The summed E-state index contributed by atoms with van der Waals surface area (Å²) in [6.07, 6.45) is 0.500. The van der Waals surface area contributed by atoms with Crippen LogP contribution in [-0.2, 0) is 6.42 Å². The van der Waals surface area contributed by atoms with Gasteiger partial charge in [-0.25, -0.2) is 4.98 Å². The maximum absolute atomic E-state index is 9.87. The smallest absolute Gasteiger partial charge is 0.320 e. The predicted octanol–water partition coefficient (Wildman–Crippen LogP) is 3.21. The minimum absolute atomic E-state index is 0.0357. The molecule has 27 heavy (non-hydrogen) atoms. The molecular formula is C18H16N6O2S. The molecule has 0 aliphatic rings. The van der Waals surface area contributed by atoms with E-state index in [0.717, 1.165) is 27.2 Å². The maximum Gasteiger partial charge on any atom is 0.320 e. The normalized spacial score (nSPS) is 10.9. The summed E-state index contributed by atoms with van der Waals surface area (Å²) in [4.78, 5) is 16.4. The van der Waals surface area contributed by atoms with Gasteiger partial charge >= 0.3 is 6.01 Å². The van der Waals surface area contributed by atoms with Crippen molar-refractivity contribution < 1.29 is 10.2 Å². The van der Waals surface area contributed by atoms with E-state index in [2.05, 4.69) is 30.6 Å². The third kappa shape index (κ3) is 3.94. The van der Waals surface area contributed by atoms with Gasteiger partial charge in [-0.2, -0.15) is 15.0 Å². The molecule has 0 saturated carbocycles. The number of aliphatic hydroxyl groups is 1. The number of aromatic nitrogens is 4. The average Bonchev–Trinajstić information content (AvgIpc) is 3.11. The van der Waals surface area contributed by atoms with E-state index in [1.165, 1.54) is 11.3 Å². The van der Waals surface area contributed by atoms with Crippen LogP contribution in [-0.4, -0.2) is 36.8 Å². The fourth-order valence-electron chi connectivity index (χ4n) is 2.64. The van der Waals surface area contributed by atoms with Crippen LogP contribution < -0.4 is 10.6 Å². The van der Waals surface area contributed by atoms with Crippen LogP contribution >= 0.6 is 11.3 Å². The number of aliphatic hydroxyl groups excluding tert-OH is 1. The van der Waals surface area contributed by atoms with Crippen LogP contribution in [0.5, 0.6) is 6.01 Å². The van der Waals surface area contributed by atoms with E-state index in [9.17, 15) is 10.2 Å². The molecule has 4 N–H and O–H groups in total. The van der Waals surface area contributed by atoms with Gasteiger partial charge in [0.15, 0.2) is 0 Å². The third-order valence-corrected chi connectivity index (χ3v) is 4.65. The number of nitrogens with zero attached hydrogens (tertiary/aromatic N) is 4. The Morgan fingerprint density at radius 3 is 2.63 bits per heavy atom. The predicted molar refractivity (Wildman–Crippen MR) is 105 cm³/mol. The van der Waals surface area contributed by atoms with Crippen LogP contribution in [0.25, 0.3) is 10.2 Å². The molecule has 0 aliphatic heterocycles. The molecule has 2 aromatic heterocycles. The van der Waals surface area contributed by atoms with Gasteiger partial charge in [-0.05, 0) is 36.2 Å². The number of benzene rings is 2. The largest absolute Gasteiger partial charge is 0.479 e. The Morgan fingerprint density at radius 2 is 1.78 bits per heavy atom. The van der Waals surface area contributed by atoms with E-state index in [-0.39, 0.29) is 18.5 Å². The van der Waals surface area contributed by atoms with Gasteiger partial charge in [0.05, 0.1) is 15.7 Å². The SMILES string of the molecule is OCCc1ccccc1Nc1nc(O)nc(Nc2ccc3ncsc3c2)n1. The first-order chi connectivity index (χ1) is 13.2. The molecule has 0 saturated heterocycles. The topological polar surface area (TPSA) is 116 Å². The highest BCUT2D eigenvalue weighted by Gasteiger charge is 2.09. The summed E-state index contributed by atoms with van der Waals surface area (Å²) in [5, 5.41) is 25.2. The standard InChI is InChI=1S/C18H16N6O2S/c25-8-7-11-3-1-2-4-13(11)21-17-22-16(23-18(26)24-17)20-12-5-6-14-15(9-12)27-10-19-14/h1-6,9-10,25H,7-8H2,(H3,20,21,22,23,24,26). The van der Waals surface area contributed by atoms with Crippen LogP contribution in [0.2, 0.25) is 0 Å². The molecular weight excluding hydrogens is 364 g/mol. The lowest BCUT2D eigenvalue weighted by Crippen LogP contribution is -2.05. The van der Waals surface area contributed by atoms with Crippen molar-refractivity contribution in [2.24, 2.45) is 0 Å². The van der Waals surface area contributed by atoms with Crippen LogP contribution in [0.4, 0.5) is 23.3 Å². The second kappa shape index (κ2) is 7.52. The van der Waals surface area contributed by atoms with Gasteiger partial charge in [-0.1, -0.05) is 18.2 Å².